The third kappa shape index (κ3) is 4.51. The van der Waals surface area contributed by atoms with Gasteiger partial charge in [0.15, 0.2) is 0 Å². The average molecular weight is 565 g/mol. The minimum absolute atomic E-state index is 0.122. The van der Waals surface area contributed by atoms with Gasteiger partial charge in [-0.3, -0.25) is 19.4 Å². The number of aromatic nitrogens is 4. The Morgan fingerprint density at radius 1 is 1.05 bits per heavy atom. The number of fused-ring (bicyclic) bond motifs is 2. The molecule has 0 aliphatic rings. The van der Waals surface area contributed by atoms with Crippen molar-refractivity contribution in [2.24, 2.45) is 0 Å². The second-order valence-electron chi connectivity index (χ2n) is 8.91. The molecule has 10 heteroatoms. The second-order valence-corrected chi connectivity index (χ2v) is 10.3. The minimum atomic E-state index is -0.286. The number of rotatable bonds is 6. The van der Waals surface area contributed by atoms with Crippen molar-refractivity contribution in [2.45, 2.75) is 6.54 Å². The molecule has 2 N–H and O–H groups in total. The fourth-order valence-electron chi connectivity index (χ4n) is 4.45. The van der Waals surface area contributed by atoms with Crippen molar-refractivity contribution in [3.8, 4) is 21.8 Å². The molecule has 0 atom stereocenters. The van der Waals surface area contributed by atoms with Gasteiger partial charge in [-0.05, 0) is 42.5 Å². The zero-order valence-electron chi connectivity index (χ0n) is 21.0. The Bertz CT molecular complexity index is 2050. The molecule has 0 radical (unpaired) electrons. The second kappa shape index (κ2) is 10.4. The molecule has 0 bridgehead atoms. The summed E-state index contributed by atoms with van der Waals surface area (Å²) in [5.74, 6) is -0.286. The lowest BCUT2D eigenvalue weighted by Crippen LogP contribution is -2.26. The maximum Gasteiger partial charge on any atom is 0.267 e. The van der Waals surface area contributed by atoms with Crippen molar-refractivity contribution >= 4 is 50.5 Å². The Morgan fingerprint density at radius 3 is 2.55 bits per heavy atom. The fourth-order valence-corrected chi connectivity index (χ4v) is 5.57. The summed E-state index contributed by atoms with van der Waals surface area (Å²) in [7, 11) is 0. The number of thiazole rings is 1. The SMILES string of the molecule is C=CCn1c(=N)c(-c2nc(-c3ccc(Cl)cc3)c(NC(=O)c3ccccc3)s2)cc2c(=O)n3ccccc3nc21. The van der Waals surface area contributed by atoms with E-state index in [1.165, 1.54) is 15.7 Å². The Morgan fingerprint density at radius 2 is 1.80 bits per heavy atom. The summed E-state index contributed by atoms with van der Waals surface area (Å²) in [6.45, 7) is 4.10. The quantitative estimate of drug-likeness (QED) is 0.191. The highest BCUT2D eigenvalue weighted by atomic mass is 35.5. The number of nitrogens with one attached hydrogen (secondary N) is 2. The maximum atomic E-state index is 13.5. The van der Waals surface area contributed by atoms with Crippen molar-refractivity contribution in [1.82, 2.24) is 18.9 Å². The lowest BCUT2D eigenvalue weighted by molar-refractivity contribution is 0.102. The maximum absolute atomic E-state index is 13.5. The van der Waals surface area contributed by atoms with Gasteiger partial charge >= 0.3 is 0 Å². The first-order chi connectivity index (χ1) is 19.4. The summed E-state index contributed by atoms with van der Waals surface area (Å²) >= 11 is 7.35. The molecule has 0 aliphatic heterocycles. The number of anilines is 1. The van der Waals surface area contributed by atoms with Crippen LogP contribution in [-0.2, 0) is 6.54 Å². The van der Waals surface area contributed by atoms with Crippen molar-refractivity contribution in [3.05, 3.63) is 124 Å². The molecular weight excluding hydrogens is 544 g/mol. The molecule has 0 aliphatic carbocycles. The van der Waals surface area contributed by atoms with Gasteiger partial charge in [0.25, 0.3) is 11.5 Å². The highest BCUT2D eigenvalue weighted by Gasteiger charge is 2.21. The molecule has 6 rings (SSSR count). The topological polar surface area (TPSA) is 105 Å². The van der Waals surface area contributed by atoms with Gasteiger partial charge in [0.05, 0.1) is 10.9 Å². The van der Waals surface area contributed by atoms with Crippen LogP contribution in [0.5, 0.6) is 0 Å². The minimum Gasteiger partial charge on any atom is -0.312 e. The predicted octanol–water partition coefficient (Wildman–Crippen LogP) is 6.01. The molecule has 0 fully saturated rings. The van der Waals surface area contributed by atoms with Gasteiger partial charge in [-0.2, -0.15) is 0 Å². The van der Waals surface area contributed by atoms with Gasteiger partial charge in [0.2, 0.25) is 0 Å². The van der Waals surface area contributed by atoms with E-state index < -0.39 is 0 Å². The van der Waals surface area contributed by atoms with Gasteiger partial charge in [0, 0.05) is 28.9 Å². The van der Waals surface area contributed by atoms with Crippen LogP contribution in [0.15, 0.2) is 103 Å². The lowest BCUT2D eigenvalue weighted by atomic mass is 10.1. The van der Waals surface area contributed by atoms with Gasteiger partial charge in [0.1, 0.15) is 32.5 Å². The monoisotopic (exact) mass is 564 g/mol. The van der Waals surface area contributed by atoms with Crippen molar-refractivity contribution in [3.63, 3.8) is 0 Å². The third-order valence-corrected chi connectivity index (χ3v) is 7.62. The summed E-state index contributed by atoms with van der Waals surface area (Å²) in [4.78, 5) is 36.1. The van der Waals surface area contributed by atoms with Gasteiger partial charge in [-0.15, -0.1) is 6.58 Å². The Hall–Kier alpha value is -4.86. The standard InChI is InChI=1S/C30H21ClN6O2S/c1-2-15-37-25(32)21(17-22-26(37)33-23-10-6-7-16-36(23)30(22)39)28-34-24(18-11-13-20(31)14-12-18)29(40-28)35-27(38)19-8-4-3-5-9-19/h2-14,16-17,32H,1,15H2,(H,35,38). The number of hydrogen-bond donors (Lipinski definition) is 2. The normalized spacial score (nSPS) is 11.1. The summed E-state index contributed by atoms with van der Waals surface area (Å²) < 4.78 is 3.11. The van der Waals surface area contributed by atoms with Crippen LogP contribution in [0.4, 0.5) is 5.00 Å². The zero-order valence-corrected chi connectivity index (χ0v) is 22.5. The fraction of sp³-hybridized carbons (Fsp3) is 0.0333. The molecule has 6 aromatic rings. The predicted molar refractivity (Wildman–Crippen MR) is 159 cm³/mol. The summed E-state index contributed by atoms with van der Waals surface area (Å²) in [6, 6.07) is 23.0. The first-order valence-electron chi connectivity index (χ1n) is 12.3. The van der Waals surface area contributed by atoms with E-state index in [0.29, 0.717) is 48.5 Å². The van der Waals surface area contributed by atoms with E-state index in [1.54, 1.807) is 77.5 Å². The van der Waals surface area contributed by atoms with Gasteiger partial charge < -0.3 is 9.88 Å². The molecule has 40 heavy (non-hydrogen) atoms. The first-order valence-corrected chi connectivity index (χ1v) is 13.5. The summed E-state index contributed by atoms with van der Waals surface area (Å²) in [5, 5.41) is 13.9. The molecular formula is C30H21ClN6O2S. The Balaban J connectivity index is 1.58. The lowest BCUT2D eigenvalue weighted by Gasteiger charge is -2.12. The Labute approximate surface area is 237 Å². The average Bonchev–Trinajstić information content (AvgIpc) is 3.39. The van der Waals surface area contributed by atoms with E-state index in [-0.39, 0.29) is 23.5 Å². The van der Waals surface area contributed by atoms with Crippen LogP contribution < -0.4 is 16.4 Å². The van der Waals surface area contributed by atoms with Crippen LogP contribution >= 0.6 is 22.9 Å². The molecule has 8 nitrogen and oxygen atoms in total. The number of carbonyl (C=O) groups is 1. The summed E-state index contributed by atoms with van der Waals surface area (Å²) in [6.07, 6.45) is 3.32. The van der Waals surface area contributed by atoms with E-state index in [1.807, 2.05) is 18.2 Å². The number of carbonyl (C=O) groups excluding carboxylic acids is 1. The molecule has 4 aromatic heterocycles. The first kappa shape index (κ1) is 25.4. The number of halogens is 1. The molecule has 2 aromatic carbocycles. The van der Waals surface area contributed by atoms with Crippen molar-refractivity contribution in [1.29, 1.82) is 5.41 Å². The molecule has 196 valence electrons. The number of nitrogens with zero attached hydrogens (tertiary/aromatic N) is 4. The van der Waals surface area contributed by atoms with Crippen LogP contribution in [0.3, 0.4) is 0 Å². The van der Waals surface area contributed by atoms with E-state index in [9.17, 15) is 9.59 Å². The van der Waals surface area contributed by atoms with Crippen LogP contribution in [0.25, 0.3) is 38.5 Å². The zero-order chi connectivity index (χ0) is 27.8. The largest absolute Gasteiger partial charge is 0.312 e. The molecule has 1 amide bonds. The summed E-state index contributed by atoms with van der Waals surface area (Å²) in [5.41, 5.74) is 2.94. The van der Waals surface area contributed by atoms with Crippen LogP contribution in [0.2, 0.25) is 5.02 Å². The van der Waals surface area contributed by atoms with E-state index in [0.717, 1.165) is 5.56 Å². The number of pyridine rings is 2. The molecule has 0 spiro atoms. The third-order valence-electron chi connectivity index (χ3n) is 6.37. The van der Waals surface area contributed by atoms with Crippen LogP contribution in [-0.4, -0.2) is 24.8 Å². The number of hydrogen-bond acceptors (Lipinski definition) is 6. The Kier molecular flexibility index (Phi) is 6.59. The van der Waals surface area contributed by atoms with E-state index >= 15 is 0 Å². The molecule has 0 saturated heterocycles. The number of amides is 1. The number of allylic oxidation sites excluding steroid dienone is 1. The highest BCUT2D eigenvalue weighted by molar-refractivity contribution is 7.19. The molecule has 0 saturated carbocycles. The van der Waals surface area contributed by atoms with Crippen LogP contribution in [0.1, 0.15) is 10.4 Å². The van der Waals surface area contributed by atoms with Crippen molar-refractivity contribution in [2.75, 3.05) is 5.32 Å². The van der Waals surface area contributed by atoms with E-state index in [2.05, 4.69) is 16.9 Å². The highest BCUT2D eigenvalue weighted by Crippen LogP contribution is 2.38. The number of benzene rings is 2. The smallest absolute Gasteiger partial charge is 0.267 e. The van der Waals surface area contributed by atoms with Gasteiger partial charge in [-0.25, -0.2) is 9.97 Å². The molecule has 4 heterocycles. The molecule has 0 unspecified atom stereocenters. The van der Waals surface area contributed by atoms with E-state index in [4.69, 9.17) is 22.0 Å². The van der Waals surface area contributed by atoms with Gasteiger partial charge in [-0.1, -0.05) is 65.4 Å². The van der Waals surface area contributed by atoms with Crippen LogP contribution in [0, 0.1) is 5.41 Å². The van der Waals surface area contributed by atoms with Crippen molar-refractivity contribution < 1.29 is 4.79 Å².